The van der Waals surface area contributed by atoms with Crippen molar-refractivity contribution in [2.75, 3.05) is 19.7 Å². The van der Waals surface area contributed by atoms with Gasteiger partial charge in [0.05, 0.1) is 12.6 Å². The highest BCUT2D eigenvalue weighted by atomic mass is 19.3. The van der Waals surface area contributed by atoms with Crippen molar-refractivity contribution in [2.45, 2.75) is 25.9 Å². The number of nitrogens with one attached hydrogen (secondary N) is 1. The monoisotopic (exact) mass is 211 g/mol. The Bertz CT molecular complexity index is 187. The molecule has 1 unspecified atom stereocenters. The Labute approximate surface area is 81.2 Å². The van der Waals surface area contributed by atoms with Crippen LogP contribution in [0, 0.1) is 0 Å². The molecule has 4 nitrogen and oxygen atoms in total. The van der Waals surface area contributed by atoms with Crippen molar-refractivity contribution in [1.82, 2.24) is 5.32 Å². The molecule has 0 fully saturated rings. The van der Waals surface area contributed by atoms with Gasteiger partial charge in [-0.25, -0.2) is 4.79 Å². The van der Waals surface area contributed by atoms with Gasteiger partial charge >= 0.3 is 11.9 Å². The van der Waals surface area contributed by atoms with Crippen LogP contribution in [0.15, 0.2) is 0 Å². The van der Waals surface area contributed by atoms with E-state index < -0.39 is 18.4 Å². The Morgan fingerprint density at radius 3 is 2.64 bits per heavy atom. The Morgan fingerprint density at radius 1 is 1.64 bits per heavy atom. The third-order valence-corrected chi connectivity index (χ3v) is 1.54. The number of hydrogen-bond donors (Lipinski definition) is 2. The molecule has 0 saturated carbocycles. The highest BCUT2D eigenvalue weighted by Gasteiger charge is 2.38. The first-order valence-electron chi connectivity index (χ1n) is 4.33. The second-order valence-electron chi connectivity index (χ2n) is 2.91. The van der Waals surface area contributed by atoms with Gasteiger partial charge in [-0.05, 0) is 13.8 Å². The van der Waals surface area contributed by atoms with Gasteiger partial charge in [0.1, 0.15) is 0 Å². The molecule has 0 radical (unpaired) electrons. The van der Waals surface area contributed by atoms with Gasteiger partial charge in [-0.15, -0.1) is 0 Å². The van der Waals surface area contributed by atoms with Gasteiger partial charge in [0, 0.05) is 13.2 Å². The predicted molar refractivity (Wildman–Crippen MR) is 46.5 cm³/mol. The number of carboxylic acid groups (broad SMARTS) is 1. The molecule has 0 heterocycles. The van der Waals surface area contributed by atoms with E-state index in [4.69, 9.17) is 9.84 Å². The third kappa shape index (κ3) is 5.08. The molecule has 0 rings (SSSR count). The van der Waals surface area contributed by atoms with Gasteiger partial charge in [-0.2, -0.15) is 8.78 Å². The van der Waals surface area contributed by atoms with Gasteiger partial charge < -0.3 is 15.2 Å². The normalized spacial score (nSPS) is 14.0. The molecule has 0 spiro atoms. The number of hydrogen-bond acceptors (Lipinski definition) is 3. The molecule has 6 heteroatoms. The molecular formula is C8H15F2NO3. The second kappa shape index (κ2) is 5.87. The maximum absolute atomic E-state index is 12.5. The summed E-state index contributed by atoms with van der Waals surface area (Å²) in [5, 5.41) is 10.4. The molecule has 0 bridgehead atoms. The fourth-order valence-electron chi connectivity index (χ4n) is 0.851. The molecule has 1 atom stereocenters. The summed E-state index contributed by atoms with van der Waals surface area (Å²) in [5.74, 6) is -5.83. The van der Waals surface area contributed by atoms with Crippen molar-refractivity contribution < 1.29 is 23.4 Å². The quantitative estimate of drug-likeness (QED) is 0.651. The number of carboxylic acids is 1. The number of alkyl halides is 2. The van der Waals surface area contributed by atoms with E-state index in [-0.39, 0.29) is 12.6 Å². The highest BCUT2D eigenvalue weighted by Crippen LogP contribution is 2.11. The third-order valence-electron chi connectivity index (χ3n) is 1.54. The van der Waals surface area contributed by atoms with Crippen LogP contribution < -0.4 is 5.32 Å². The summed E-state index contributed by atoms with van der Waals surface area (Å²) in [6.07, 6.45) is -0.204. The summed E-state index contributed by atoms with van der Waals surface area (Å²) in [4.78, 5) is 10.0. The van der Waals surface area contributed by atoms with Crippen LogP contribution in [0.3, 0.4) is 0 Å². The number of carbonyl (C=O) groups is 1. The van der Waals surface area contributed by atoms with E-state index in [1.807, 2.05) is 0 Å². The van der Waals surface area contributed by atoms with Crippen LogP contribution in [-0.2, 0) is 9.53 Å². The lowest BCUT2D eigenvalue weighted by molar-refractivity contribution is -0.164. The van der Waals surface area contributed by atoms with Crippen molar-refractivity contribution in [3.63, 3.8) is 0 Å². The molecule has 0 aliphatic carbocycles. The van der Waals surface area contributed by atoms with E-state index in [9.17, 15) is 13.6 Å². The van der Waals surface area contributed by atoms with Crippen LogP contribution >= 0.6 is 0 Å². The van der Waals surface area contributed by atoms with Crippen LogP contribution in [0.4, 0.5) is 8.78 Å². The van der Waals surface area contributed by atoms with E-state index in [0.29, 0.717) is 6.61 Å². The highest BCUT2D eigenvalue weighted by molar-refractivity contribution is 5.75. The van der Waals surface area contributed by atoms with Gasteiger partial charge in [0.2, 0.25) is 0 Å². The number of ether oxygens (including phenoxy) is 1. The molecule has 0 aliphatic rings. The van der Waals surface area contributed by atoms with Crippen molar-refractivity contribution in [2.24, 2.45) is 0 Å². The lowest BCUT2D eigenvalue weighted by Crippen LogP contribution is -2.42. The first-order valence-corrected chi connectivity index (χ1v) is 4.33. The maximum Gasteiger partial charge on any atom is 0.375 e. The van der Waals surface area contributed by atoms with Crippen LogP contribution in [-0.4, -0.2) is 42.8 Å². The second-order valence-corrected chi connectivity index (χ2v) is 2.91. The molecule has 0 aromatic carbocycles. The smallest absolute Gasteiger partial charge is 0.375 e. The minimum atomic E-state index is -3.72. The molecule has 0 aliphatic heterocycles. The largest absolute Gasteiger partial charge is 0.477 e. The first kappa shape index (κ1) is 13.2. The van der Waals surface area contributed by atoms with Crippen molar-refractivity contribution in [3.05, 3.63) is 0 Å². The number of halogens is 2. The average molecular weight is 211 g/mol. The van der Waals surface area contributed by atoms with Crippen LogP contribution in [0.5, 0.6) is 0 Å². The Kier molecular flexibility index (Phi) is 5.56. The summed E-state index contributed by atoms with van der Waals surface area (Å²) < 4.78 is 30.0. The van der Waals surface area contributed by atoms with Crippen molar-refractivity contribution >= 4 is 5.97 Å². The van der Waals surface area contributed by atoms with Gasteiger partial charge in [-0.1, -0.05) is 0 Å². The molecule has 14 heavy (non-hydrogen) atoms. The van der Waals surface area contributed by atoms with Crippen LogP contribution in [0.2, 0.25) is 0 Å². The van der Waals surface area contributed by atoms with Gasteiger partial charge in [0.25, 0.3) is 0 Å². The summed E-state index contributed by atoms with van der Waals surface area (Å²) >= 11 is 0. The predicted octanol–water partition coefficient (Wildman–Crippen LogP) is 0.721. The van der Waals surface area contributed by atoms with E-state index in [2.05, 4.69) is 5.32 Å². The van der Waals surface area contributed by atoms with Crippen LogP contribution in [0.1, 0.15) is 13.8 Å². The molecule has 0 amide bonds. The molecule has 84 valence electrons. The molecule has 0 saturated heterocycles. The number of rotatable bonds is 7. The van der Waals surface area contributed by atoms with E-state index in [1.54, 1.807) is 13.8 Å². The molecule has 0 aromatic heterocycles. The Morgan fingerprint density at radius 2 is 2.21 bits per heavy atom. The van der Waals surface area contributed by atoms with E-state index >= 15 is 0 Å². The zero-order chi connectivity index (χ0) is 11.2. The topological polar surface area (TPSA) is 58.6 Å². The minimum Gasteiger partial charge on any atom is -0.477 e. The van der Waals surface area contributed by atoms with Crippen molar-refractivity contribution in [3.8, 4) is 0 Å². The summed E-state index contributed by atoms with van der Waals surface area (Å²) in [7, 11) is 0. The fraction of sp³-hybridized carbons (Fsp3) is 0.875. The lowest BCUT2D eigenvalue weighted by Gasteiger charge is -2.15. The Balaban J connectivity index is 3.68. The van der Waals surface area contributed by atoms with Gasteiger partial charge in [0.15, 0.2) is 0 Å². The van der Waals surface area contributed by atoms with Gasteiger partial charge in [-0.3, -0.25) is 0 Å². The zero-order valence-electron chi connectivity index (χ0n) is 8.22. The van der Waals surface area contributed by atoms with E-state index in [1.165, 1.54) is 0 Å². The number of aliphatic carboxylic acids is 1. The SMILES string of the molecule is CCOC(C)CNCC(F)(F)C(=O)O. The summed E-state index contributed by atoms with van der Waals surface area (Å²) in [6, 6.07) is 0. The minimum absolute atomic E-state index is 0.204. The molecule has 0 aromatic rings. The Hall–Kier alpha value is -0.750. The zero-order valence-corrected chi connectivity index (χ0v) is 8.22. The summed E-state index contributed by atoms with van der Waals surface area (Å²) in [5.41, 5.74) is 0. The first-order chi connectivity index (χ1) is 6.40. The fourth-order valence-corrected chi connectivity index (χ4v) is 0.851. The molecule has 2 N–H and O–H groups in total. The standard InChI is InChI=1S/C8H15F2NO3/c1-3-14-6(2)4-11-5-8(9,10)7(12)13/h6,11H,3-5H2,1-2H3,(H,12,13). The van der Waals surface area contributed by atoms with Crippen molar-refractivity contribution in [1.29, 1.82) is 0 Å². The van der Waals surface area contributed by atoms with Crippen LogP contribution in [0.25, 0.3) is 0 Å². The molecular weight excluding hydrogens is 196 g/mol. The average Bonchev–Trinajstić information content (AvgIpc) is 2.04. The lowest BCUT2D eigenvalue weighted by atomic mass is 10.3. The maximum atomic E-state index is 12.5. The van der Waals surface area contributed by atoms with E-state index in [0.717, 1.165) is 0 Å². The summed E-state index contributed by atoms with van der Waals surface area (Å²) in [6.45, 7) is 3.34.